The number of amides is 1. The first-order valence-electron chi connectivity index (χ1n) is 26.2. The number of unbranched alkanes of at least 4 members (excludes halogenated alkanes) is 30. The molecule has 7 atom stereocenters. The SMILES string of the molecule is CCCCCCCCCCCCCCC/C=C/CC/C=C/CC/C=C/C(O)C(COC1OC(CO)C(O)C(O)C1O)NC(=O)CCCCCCCCCCCCCCCCCC. The minimum atomic E-state index is -1.57. The van der Waals surface area contributed by atoms with E-state index in [1.807, 2.05) is 6.08 Å². The molecule has 1 amide bonds. The second-order valence-corrected chi connectivity index (χ2v) is 18.3. The van der Waals surface area contributed by atoms with Crippen molar-refractivity contribution in [3.05, 3.63) is 36.5 Å². The summed E-state index contributed by atoms with van der Waals surface area (Å²) in [5.41, 5.74) is 0. The van der Waals surface area contributed by atoms with Gasteiger partial charge in [-0.25, -0.2) is 0 Å². The maximum Gasteiger partial charge on any atom is 0.220 e. The Kier molecular flexibility index (Phi) is 40.8. The molecular formula is C53H99NO8. The highest BCUT2D eigenvalue weighted by Gasteiger charge is 2.44. The third kappa shape index (κ3) is 33.0. The van der Waals surface area contributed by atoms with Crippen molar-refractivity contribution in [2.24, 2.45) is 0 Å². The minimum Gasteiger partial charge on any atom is -0.394 e. The number of carbonyl (C=O) groups is 1. The average molecular weight is 878 g/mol. The zero-order valence-corrected chi connectivity index (χ0v) is 40.1. The summed E-state index contributed by atoms with van der Waals surface area (Å²) >= 11 is 0. The predicted octanol–water partition coefficient (Wildman–Crippen LogP) is 12.0. The van der Waals surface area contributed by atoms with E-state index in [-0.39, 0.29) is 12.5 Å². The molecule has 0 aromatic heterocycles. The van der Waals surface area contributed by atoms with E-state index < -0.39 is 49.5 Å². The second-order valence-electron chi connectivity index (χ2n) is 18.3. The van der Waals surface area contributed by atoms with E-state index >= 15 is 0 Å². The molecular weight excluding hydrogens is 779 g/mol. The van der Waals surface area contributed by atoms with Crippen molar-refractivity contribution in [3.8, 4) is 0 Å². The van der Waals surface area contributed by atoms with Crippen LogP contribution in [0.3, 0.4) is 0 Å². The van der Waals surface area contributed by atoms with Gasteiger partial charge in [-0.2, -0.15) is 0 Å². The Bertz CT molecular complexity index is 1070. The van der Waals surface area contributed by atoms with E-state index in [0.717, 1.165) is 44.9 Å². The number of nitrogens with one attached hydrogen (secondary N) is 1. The molecule has 9 nitrogen and oxygen atoms in total. The van der Waals surface area contributed by atoms with Gasteiger partial charge in [0.2, 0.25) is 5.91 Å². The molecule has 0 aromatic carbocycles. The van der Waals surface area contributed by atoms with Crippen molar-refractivity contribution in [2.75, 3.05) is 13.2 Å². The molecule has 0 aromatic rings. The molecule has 1 heterocycles. The Balaban J connectivity index is 2.32. The summed E-state index contributed by atoms with van der Waals surface area (Å²) in [5.74, 6) is -0.188. The van der Waals surface area contributed by atoms with Crippen LogP contribution in [0.25, 0.3) is 0 Å². The van der Waals surface area contributed by atoms with Gasteiger partial charge in [0, 0.05) is 6.42 Å². The lowest BCUT2D eigenvalue weighted by molar-refractivity contribution is -0.302. The van der Waals surface area contributed by atoms with E-state index in [2.05, 4.69) is 43.5 Å². The van der Waals surface area contributed by atoms with Crippen LogP contribution < -0.4 is 5.32 Å². The van der Waals surface area contributed by atoms with E-state index in [1.165, 1.54) is 173 Å². The molecule has 62 heavy (non-hydrogen) atoms. The number of rotatable bonds is 44. The maximum atomic E-state index is 13.0. The monoisotopic (exact) mass is 878 g/mol. The van der Waals surface area contributed by atoms with Crippen molar-refractivity contribution in [1.29, 1.82) is 0 Å². The van der Waals surface area contributed by atoms with Gasteiger partial charge in [0.15, 0.2) is 6.29 Å². The number of aliphatic hydroxyl groups is 5. The van der Waals surface area contributed by atoms with Crippen LogP contribution in [0.5, 0.6) is 0 Å². The van der Waals surface area contributed by atoms with Crippen molar-refractivity contribution in [2.45, 2.75) is 281 Å². The van der Waals surface area contributed by atoms with Gasteiger partial charge in [-0.15, -0.1) is 0 Å². The van der Waals surface area contributed by atoms with Crippen molar-refractivity contribution < 1.29 is 39.8 Å². The van der Waals surface area contributed by atoms with Crippen LogP contribution in [0.2, 0.25) is 0 Å². The summed E-state index contributed by atoms with van der Waals surface area (Å²) < 4.78 is 11.2. The maximum absolute atomic E-state index is 13.0. The molecule has 0 bridgehead atoms. The summed E-state index contributed by atoms with van der Waals surface area (Å²) in [6.07, 6.45) is 47.7. The summed E-state index contributed by atoms with van der Waals surface area (Å²) in [6, 6.07) is -0.825. The largest absolute Gasteiger partial charge is 0.394 e. The second kappa shape index (κ2) is 43.3. The van der Waals surface area contributed by atoms with Crippen LogP contribution in [0, 0.1) is 0 Å². The fraction of sp³-hybridized carbons (Fsp3) is 0.868. The molecule has 1 fully saturated rings. The first-order chi connectivity index (χ1) is 30.3. The first kappa shape index (κ1) is 58.4. The number of aliphatic hydroxyl groups excluding tert-OH is 5. The Labute approximate surface area is 381 Å². The number of hydrogen-bond acceptors (Lipinski definition) is 8. The van der Waals surface area contributed by atoms with E-state index in [9.17, 15) is 30.3 Å². The normalized spacial score (nSPS) is 20.5. The van der Waals surface area contributed by atoms with Crippen LogP contribution in [-0.4, -0.2) is 87.5 Å². The quantitative estimate of drug-likeness (QED) is 0.0262. The van der Waals surface area contributed by atoms with Gasteiger partial charge in [-0.05, 0) is 44.9 Å². The first-order valence-corrected chi connectivity index (χ1v) is 26.2. The van der Waals surface area contributed by atoms with Crippen molar-refractivity contribution in [3.63, 3.8) is 0 Å². The number of ether oxygens (including phenoxy) is 2. The number of hydrogen-bond donors (Lipinski definition) is 6. The van der Waals surface area contributed by atoms with Crippen LogP contribution in [0.1, 0.15) is 239 Å². The third-order valence-corrected chi connectivity index (χ3v) is 12.4. The molecule has 1 aliphatic heterocycles. The number of allylic oxidation sites excluding steroid dienone is 5. The summed E-state index contributed by atoms with van der Waals surface area (Å²) in [4.78, 5) is 13.0. The zero-order valence-electron chi connectivity index (χ0n) is 40.1. The van der Waals surface area contributed by atoms with Gasteiger partial charge in [0.1, 0.15) is 24.4 Å². The molecule has 6 N–H and O–H groups in total. The van der Waals surface area contributed by atoms with Gasteiger partial charge in [-0.3, -0.25) is 4.79 Å². The molecule has 1 saturated heterocycles. The number of carbonyl (C=O) groups excluding carboxylic acids is 1. The molecule has 0 radical (unpaired) electrons. The highest BCUT2D eigenvalue weighted by Crippen LogP contribution is 2.23. The van der Waals surface area contributed by atoms with Gasteiger partial charge in [-0.1, -0.05) is 224 Å². The topological polar surface area (TPSA) is 149 Å². The Morgan fingerprint density at radius 3 is 1.35 bits per heavy atom. The van der Waals surface area contributed by atoms with E-state index in [0.29, 0.717) is 6.42 Å². The highest BCUT2D eigenvalue weighted by molar-refractivity contribution is 5.76. The molecule has 7 unspecified atom stereocenters. The summed E-state index contributed by atoms with van der Waals surface area (Å²) in [6.45, 7) is 3.77. The van der Waals surface area contributed by atoms with Crippen LogP contribution in [-0.2, 0) is 14.3 Å². The van der Waals surface area contributed by atoms with Crippen LogP contribution in [0.4, 0.5) is 0 Å². The molecule has 1 aliphatic rings. The Morgan fingerprint density at radius 2 is 0.919 bits per heavy atom. The lowest BCUT2D eigenvalue weighted by Gasteiger charge is -2.40. The highest BCUT2D eigenvalue weighted by atomic mass is 16.7. The van der Waals surface area contributed by atoms with Gasteiger partial charge in [0.05, 0.1) is 25.4 Å². The lowest BCUT2D eigenvalue weighted by Crippen LogP contribution is -2.60. The molecule has 0 aliphatic carbocycles. The Morgan fingerprint density at radius 1 is 0.532 bits per heavy atom. The lowest BCUT2D eigenvalue weighted by atomic mass is 9.99. The van der Waals surface area contributed by atoms with Gasteiger partial charge < -0.3 is 40.3 Å². The molecule has 9 heteroatoms. The van der Waals surface area contributed by atoms with Crippen molar-refractivity contribution in [1.82, 2.24) is 5.32 Å². The zero-order chi connectivity index (χ0) is 45.1. The van der Waals surface area contributed by atoms with Crippen molar-refractivity contribution >= 4 is 5.91 Å². The van der Waals surface area contributed by atoms with Crippen LogP contribution in [0.15, 0.2) is 36.5 Å². The average Bonchev–Trinajstić information content (AvgIpc) is 3.27. The summed E-state index contributed by atoms with van der Waals surface area (Å²) in [7, 11) is 0. The fourth-order valence-corrected chi connectivity index (χ4v) is 8.25. The third-order valence-electron chi connectivity index (χ3n) is 12.4. The predicted molar refractivity (Wildman–Crippen MR) is 258 cm³/mol. The summed E-state index contributed by atoms with van der Waals surface area (Å²) in [5, 5.41) is 54.3. The van der Waals surface area contributed by atoms with Crippen LogP contribution >= 0.6 is 0 Å². The van der Waals surface area contributed by atoms with E-state index in [1.54, 1.807) is 6.08 Å². The minimum absolute atomic E-state index is 0.188. The molecule has 0 spiro atoms. The molecule has 0 saturated carbocycles. The Hall–Kier alpha value is -1.59. The smallest absolute Gasteiger partial charge is 0.220 e. The fourth-order valence-electron chi connectivity index (χ4n) is 8.25. The van der Waals surface area contributed by atoms with E-state index in [4.69, 9.17) is 9.47 Å². The molecule has 364 valence electrons. The standard InChI is InChI=1S/C53H99NO8/c1-3-5-7-9-11-13-15-17-19-21-22-23-24-25-26-27-28-30-32-34-36-38-40-42-47(56)46(45-61-53-52(60)51(59)50(58)48(44-55)62-53)54-49(57)43-41-39-37-35-33-31-29-20-18-16-14-12-10-8-6-4-2/h26-27,32,34,40,42,46-48,50-53,55-56,58-60H,3-25,28-31,33,35-39,41,43-45H2,1-2H3,(H,54,57)/b27-26+,34-32+,42-40+. The molecule has 1 rings (SSSR count). The van der Waals surface area contributed by atoms with Gasteiger partial charge >= 0.3 is 0 Å². The van der Waals surface area contributed by atoms with Gasteiger partial charge in [0.25, 0.3) is 0 Å².